The molecule has 1 unspecified atom stereocenters. The molecule has 2 nitrogen and oxygen atoms in total. The second-order valence-corrected chi connectivity index (χ2v) is 4.14. The molecule has 0 spiro atoms. The van der Waals surface area contributed by atoms with Crippen molar-refractivity contribution in [2.45, 2.75) is 25.8 Å². The van der Waals surface area contributed by atoms with Gasteiger partial charge in [0.25, 0.3) is 0 Å². The molecule has 1 aliphatic heterocycles. The van der Waals surface area contributed by atoms with Gasteiger partial charge in [-0.15, -0.1) is 0 Å². The van der Waals surface area contributed by atoms with Gasteiger partial charge in [0.15, 0.2) is 0 Å². The van der Waals surface area contributed by atoms with Crippen LogP contribution in [0.2, 0.25) is 0 Å². The van der Waals surface area contributed by atoms with Gasteiger partial charge in [0.05, 0.1) is 12.5 Å². The Hall–Kier alpha value is -0.330. The fourth-order valence-electron chi connectivity index (χ4n) is 1.36. The lowest BCUT2D eigenvalue weighted by Crippen LogP contribution is -2.36. The van der Waals surface area contributed by atoms with Crippen molar-refractivity contribution in [1.82, 2.24) is 4.90 Å². The van der Waals surface area contributed by atoms with Gasteiger partial charge >= 0.3 is 0 Å². The summed E-state index contributed by atoms with van der Waals surface area (Å²) < 4.78 is 1.25. The predicted molar refractivity (Wildman–Crippen MR) is 52.9 cm³/mol. The van der Waals surface area contributed by atoms with Crippen molar-refractivity contribution >= 4 is 15.9 Å². The molecule has 0 aromatic heterocycles. The van der Waals surface area contributed by atoms with Crippen LogP contribution in [0.4, 0.5) is 0 Å². The van der Waals surface area contributed by atoms with Crippen molar-refractivity contribution in [3.63, 3.8) is 0 Å². The molecular weight excluding hydrogens is 216 g/mol. The first-order valence-electron chi connectivity index (χ1n) is 4.19. The van der Waals surface area contributed by atoms with E-state index in [1.807, 2.05) is 0 Å². The van der Waals surface area contributed by atoms with E-state index >= 15 is 0 Å². The smallest absolute Gasteiger partial charge is 0.0638 e. The van der Waals surface area contributed by atoms with Gasteiger partial charge in [0.1, 0.15) is 0 Å². The maximum absolute atomic E-state index is 8.53. The van der Waals surface area contributed by atoms with E-state index < -0.39 is 0 Å². The molecular formula is C9H13BrN2. The monoisotopic (exact) mass is 228 g/mol. The van der Waals surface area contributed by atoms with Crippen LogP contribution in [0, 0.1) is 11.3 Å². The van der Waals surface area contributed by atoms with Gasteiger partial charge < -0.3 is 0 Å². The molecule has 0 saturated carbocycles. The quantitative estimate of drug-likeness (QED) is 0.726. The van der Waals surface area contributed by atoms with Crippen molar-refractivity contribution in [3.05, 3.63) is 10.6 Å². The second kappa shape index (κ2) is 4.64. The van der Waals surface area contributed by atoms with Crippen molar-refractivity contribution in [1.29, 1.82) is 5.26 Å². The summed E-state index contributed by atoms with van der Waals surface area (Å²) >= 11 is 3.48. The first-order valence-corrected chi connectivity index (χ1v) is 4.99. The van der Waals surface area contributed by atoms with Crippen LogP contribution in [0.5, 0.6) is 0 Å². The minimum Gasteiger partial charge on any atom is -0.295 e. The van der Waals surface area contributed by atoms with E-state index in [4.69, 9.17) is 5.26 Å². The van der Waals surface area contributed by atoms with Gasteiger partial charge in [0.2, 0.25) is 0 Å². The van der Waals surface area contributed by atoms with Crippen molar-refractivity contribution in [2.24, 2.45) is 0 Å². The Balaban J connectivity index is 2.44. The van der Waals surface area contributed by atoms with Gasteiger partial charge in [-0.3, -0.25) is 4.90 Å². The average molecular weight is 229 g/mol. The number of nitriles is 1. The SMILES string of the molecule is CC(CC#N)N1CCC=C(Br)C1. The first-order chi connectivity index (χ1) is 5.74. The summed E-state index contributed by atoms with van der Waals surface area (Å²) in [5.74, 6) is 0. The van der Waals surface area contributed by atoms with E-state index in [9.17, 15) is 0 Å². The van der Waals surface area contributed by atoms with Crippen LogP contribution < -0.4 is 0 Å². The molecule has 3 heteroatoms. The highest BCUT2D eigenvalue weighted by Gasteiger charge is 2.16. The zero-order valence-electron chi connectivity index (χ0n) is 7.26. The fourth-order valence-corrected chi connectivity index (χ4v) is 1.91. The van der Waals surface area contributed by atoms with E-state index in [0.29, 0.717) is 12.5 Å². The van der Waals surface area contributed by atoms with Crippen LogP contribution in [0.15, 0.2) is 10.6 Å². The molecule has 0 aromatic carbocycles. The van der Waals surface area contributed by atoms with E-state index in [1.54, 1.807) is 0 Å². The lowest BCUT2D eigenvalue weighted by Gasteiger charge is -2.29. The number of hydrogen-bond donors (Lipinski definition) is 0. The van der Waals surface area contributed by atoms with Crippen LogP contribution in [0.3, 0.4) is 0 Å². The number of halogens is 1. The Bertz CT molecular complexity index is 217. The summed E-state index contributed by atoms with van der Waals surface area (Å²) in [7, 11) is 0. The number of nitrogens with zero attached hydrogens (tertiary/aromatic N) is 2. The topological polar surface area (TPSA) is 27.0 Å². The molecule has 0 N–H and O–H groups in total. The fraction of sp³-hybridized carbons (Fsp3) is 0.667. The summed E-state index contributed by atoms with van der Waals surface area (Å²) in [6, 6.07) is 2.59. The van der Waals surface area contributed by atoms with E-state index in [-0.39, 0.29) is 0 Å². The van der Waals surface area contributed by atoms with Crippen LogP contribution in [-0.4, -0.2) is 24.0 Å². The Morgan fingerprint density at radius 2 is 2.58 bits per heavy atom. The second-order valence-electron chi connectivity index (χ2n) is 3.12. The minimum atomic E-state index is 0.385. The predicted octanol–water partition coefficient (Wildman–Crippen LogP) is 2.27. The Kier molecular flexibility index (Phi) is 3.77. The highest BCUT2D eigenvalue weighted by Crippen LogP contribution is 2.17. The Morgan fingerprint density at radius 1 is 1.83 bits per heavy atom. The highest BCUT2D eigenvalue weighted by atomic mass is 79.9. The normalized spacial score (nSPS) is 21.2. The van der Waals surface area contributed by atoms with Gasteiger partial charge in [-0.05, 0) is 13.3 Å². The standard InChI is InChI=1S/C9H13BrN2/c1-8(4-5-11)12-6-2-3-9(10)7-12/h3,8H,2,4,6-7H2,1H3. The Labute approximate surface area is 82.0 Å². The van der Waals surface area contributed by atoms with Gasteiger partial charge in [0, 0.05) is 23.6 Å². The van der Waals surface area contributed by atoms with Gasteiger partial charge in [-0.25, -0.2) is 0 Å². The summed E-state index contributed by atoms with van der Waals surface area (Å²) in [4.78, 5) is 2.33. The molecule has 1 heterocycles. The zero-order chi connectivity index (χ0) is 8.97. The van der Waals surface area contributed by atoms with Crippen molar-refractivity contribution in [2.75, 3.05) is 13.1 Å². The van der Waals surface area contributed by atoms with Crippen LogP contribution >= 0.6 is 15.9 Å². The van der Waals surface area contributed by atoms with Gasteiger partial charge in [-0.1, -0.05) is 22.0 Å². The summed E-state index contributed by atoms with van der Waals surface area (Å²) in [5.41, 5.74) is 0. The molecule has 0 radical (unpaired) electrons. The molecule has 0 amide bonds. The lowest BCUT2D eigenvalue weighted by atomic mass is 10.1. The molecule has 0 fully saturated rings. The average Bonchev–Trinajstić information content (AvgIpc) is 2.05. The summed E-state index contributed by atoms with van der Waals surface area (Å²) in [6.07, 6.45) is 3.92. The summed E-state index contributed by atoms with van der Waals surface area (Å²) in [5, 5.41) is 8.53. The van der Waals surface area contributed by atoms with Crippen LogP contribution in [-0.2, 0) is 0 Å². The number of rotatable bonds is 2. The molecule has 0 bridgehead atoms. The summed E-state index contributed by atoms with van der Waals surface area (Å²) in [6.45, 7) is 4.15. The maximum atomic E-state index is 8.53. The Morgan fingerprint density at radius 3 is 3.17 bits per heavy atom. The lowest BCUT2D eigenvalue weighted by molar-refractivity contribution is 0.229. The third-order valence-corrected chi connectivity index (χ3v) is 2.72. The molecule has 0 aliphatic carbocycles. The van der Waals surface area contributed by atoms with Crippen molar-refractivity contribution < 1.29 is 0 Å². The minimum absolute atomic E-state index is 0.385. The van der Waals surface area contributed by atoms with E-state index in [2.05, 4.69) is 39.9 Å². The molecule has 1 atom stereocenters. The van der Waals surface area contributed by atoms with Crippen LogP contribution in [0.25, 0.3) is 0 Å². The molecule has 12 heavy (non-hydrogen) atoms. The van der Waals surface area contributed by atoms with Crippen molar-refractivity contribution in [3.8, 4) is 6.07 Å². The highest BCUT2D eigenvalue weighted by molar-refractivity contribution is 9.11. The molecule has 1 rings (SSSR count). The third kappa shape index (κ3) is 2.62. The zero-order valence-corrected chi connectivity index (χ0v) is 8.84. The largest absolute Gasteiger partial charge is 0.295 e. The maximum Gasteiger partial charge on any atom is 0.0638 e. The molecule has 66 valence electrons. The van der Waals surface area contributed by atoms with E-state index in [1.165, 1.54) is 4.48 Å². The molecule has 1 aliphatic rings. The van der Waals surface area contributed by atoms with E-state index in [0.717, 1.165) is 19.5 Å². The van der Waals surface area contributed by atoms with Gasteiger partial charge in [-0.2, -0.15) is 5.26 Å². The molecule has 0 saturated heterocycles. The third-order valence-electron chi connectivity index (χ3n) is 2.15. The first kappa shape index (κ1) is 9.76. The van der Waals surface area contributed by atoms with Crippen LogP contribution in [0.1, 0.15) is 19.8 Å². The number of hydrogen-bond acceptors (Lipinski definition) is 2. The molecule has 0 aromatic rings.